The van der Waals surface area contributed by atoms with Gasteiger partial charge in [0.1, 0.15) is 5.78 Å². The summed E-state index contributed by atoms with van der Waals surface area (Å²) in [5, 5.41) is 0. The molecule has 0 spiro atoms. The van der Waals surface area contributed by atoms with Gasteiger partial charge in [-0.05, 0) is 18.3 Å². The Balaban J connectivity index is 2.08. The van der Waals surface area contributed by atoms with E-state index >= 15 is 0 Å². The summed E-state index contributed by atoms with van der Waals surface area (Å²) in [4.78, 5) is 11.2. The Labute approximate surface area is 88.3 Å². The highest BCUT2D eigenvalue weighted by atomic mass is 16.1. The van der Waals surface area contributed by atoms with Crippen LogP contribution in [-0.4, -0.2) is 5.78 Å². The Morgan fingerprint density at radius 1 is 1.21 bits per heavy atom. The highest BCUT2D eigenvalue weighted by Crippen LogP contribution is 2.39. The van der Waals surface area contributed by atoms with E-state index in [1.165, 1.54) is 38.5 Å². The Kier molecular flexibility index (Phi) is 4.64. The van der Waals surface area contributed by atoms with E-state index in [9.17, 15) is 4.79 Å². The van der Waals surface area contributed by atoms with Crippen LogP contribution in [0.3, 0.4) is 0 Å². The van der Waals surface area contributed by atoms with Crippen LogP contribution in [0.15, 0.2) is 0 Å². The molecule has 82 valence electrons. The van der Waals surface area contributed by atoms with Crippen molar-refractivity contribution in [2.75, 3.05) is 0 Å². The summed E-state index contributed by atoms with van der Waals surface area (Å²) in [6, 6.07) is 0. The molecule has 0 aromatic rings. The molecule has 14 heavy (non-hydrogen) atoms. The first-order valence-electron chi connectivity index (χ1n) is 6.18. The van der Waals surface area contributed by atoms with Gasteiger partial charge in [0.15, 0.2) is 0 Å². The van der Waals surface area contributed by atoms with Crippen molar-refractivity contribution in [3.05, 3.63) is 0 Å². The minimum Gasteiger partial charge on any atom is -0.300 e. The SMILES string of the molecule is CCCCCCCC1(C)CCC(=O)C1. The molecular formula is C13H24O. The quantitative estimate of drug-likeness (QED) is 0.584. The minimum absolute atomic E-state index is 0.364. The standard InChI is InChI=1S/C13H24O/c1-3-4-5-6-7-9-13(2)10-8-12(14)11-13/h3-11H2,1-2H3. The first-order chi connectivity index (χ1) is 6.66. The van der Waals surface area contributed by atoms with Gasteiger partial charge in [0.2, 0.25) is 0 Å². The van der Waals surface area contributed by atoms with Crippen LogP contribution < -0.4 is 0 Å². The van der Waals surface area contributed by atoms with Crippen LogP contribution in [0, 0.1) is 5.41 Å². The maximum absolute atomic E-state index is 11.2. The lowest BCUT2D eigenvalue weighted by Gasteiger charge is -2.21. The van der Waals surface area contributed by atoms with Gasteiger partial charge in [-0.25, -0.2) is 0 Å². The highest BCUT2D eigenvalue weighted by molar-refractivity contribution is 5.81. The largest absolute Gasteiger partial charge is 0.300 e. The van der Waals surface area contributed by atoms with Crippen molar-refractivity contribution in [1.82, 2.24) is 0 Å². The van der Waals surface area contributed by atoms with E-state index < -0.39 is 0 Å². The summed E-state index contributed by atoms with van der Waals surface area (Å²) in [5.74, 6) is 0.487. The normalized spacial score (nSPS) is 27.1. The van der Waals surface area contributed by atoms with E-state index in [-0.39, 0.29) is 0 Å². The predicted molar refractivity (Wildman–Crippen MR) is 60.3 cm³/mol. The molecule has 0 amide bonds. The summed E-state index contributed by atoms with van der Waals surface area (Å²) in [6.07, 6.45) is 10.8. The third kappa shape index (κ3) is 3.81. The number of hydrogen-bond acceptors (Lipinski definition) is 1. The van der Waals surface area contributed by atoms with Crippen LogP contribution in [0.4, 0.5) is 0 Å². The third-order valence-corrected chi connectivity index (χ3v) is 3.52. The number of carbonyl (C=O) groups excluding carboxylic acids is 1. The molecule has 0 aromatic carbocycles. The van der Waals surface area contributed by atoms with E-state index in [1.807, 2.05) is 0 Å². The predicted octanol–water partition coefficient (Wildman–Crippen LogP) is 4.11. The fourth-order valence-electron chi connectivity index (χ4n) is 2.46. The first kappa shape index (κ1) is 11.7. The molecule has 1 unspecified atom stereocenters. The van der Waals surface area contributed by atoms with Crippen molar-refractivity contribution in [3.63, 3.8) is 0 Å². The molecule has 1 atom stereocenters. The molecule has 0 aliphatic heterocycles. The Bertz CT molecular complexity index is 186. The average Bonchev–Trinajstić information content (AvgIpc) is 2.47. The maximum Gasteiger partial charge on any atom is 0.133 e. The zero-order valence-corrected chi connectivity index (χ0v) is 9.77. The van der Waals surface area contributed by atoms with Crippen LogP contribution in [0.25, 0.3) is 0 Å². The van der Waals surface area contributed by atoms with Gasteiger partial charge in [-0.1, -0.05) is 46.0 Å². The summed E-state index contributed by atoms with van der Waals surface area (Å²) >= 11 is 0. The Morgan fingerprint density at radius 2 is 1.93 bits per heavy atom. The average molecular weight is 196 g/mol. The van der Waals surface area contributed by atoms with Crippen molar-refractivity contribution in [2.45, 2.75) is 71.6 Å². The van der Waals surface area contributed by atoms with Gasteiger partial charge >= 0.3 is 0 Å². The minimum atomic E-state index is 0.364. The molecule has 1 nitrogen and oxygen atoms in total. The number of hydrogen-bond donors (Lipinski definition) is 0. The van der Waals surface area contributed by atoms with Crippen molar-refractivity contribution >= 4 is 5.78 Å². The smallest absolute Gasteiger partial charge is 0.133 e. The fraction of sp³-hybridized carbons (Fsp3) is 0.923. The van der Waals surface area contributed by atoms with E-state index in [0.29, 0.717) is 11.2 Å². The van der Waals surface area contributed by atoms with Crippen molar-refractivity contribution in [1.29, 1.82) is 0 Å². The molecule has 1 aliphatic rings. The van der Waals surface area contributed by atoms with E-state index in [1.54, 1.807) is 0 Å². The number of Topliss-reactive ketones (excluding diaryl/α,β-unsaturated/α-hetero) is 1. The van der Waals surface area contributed by atoms with Crippen LogP contribution in [0.2, 0.25) is 0 Å². The molecule has 1 saturated carbocycles. The monoisotopic (exact) mass is 196 g/mol. The van der Waals surface area contributed by atoms with Crippen LogP contribution >= 0.6 is 0 Å². The molecule has 0 N–H and O–H groups in total. The van der Waals surface area contributed by atoms with Gasteiger partial charge in [-0.2, -0.15) is 0 Å². The second kappa shape index (κ2) is 5.53. The van der Waals surface area contributed by atoms with Gasteiger partial charge in [0, 0.05) is 12.8 Å². The van der Waals surface area contributed by atoms with Crippen molar-refractivity contribution in [3.8, 4) is 0 Å². The Hall–Kier alpha value is -0.330. The fourth-order valence-corrected chi connectivity index (χ4v) is 2.46. The molecule has 0 heterocycles. The molecule has 0 radical (unpaired) electrons. The second-order valence-electron chi connectivity index (χ2n) is 5.19. The molecular weight excluding hydrogens is 172 g/mol. The molecule has 1 rings (SSSR count). The van der Waals surface area contributed by atoms with E-state index in [0.717, 1.165) is 19.3 Å². The molecule has 1 fully saturated rings. The summed E-state index contributed by atoms with van der Waals surface area (Å²) in [5.41, 5.74) is 0.364. The topological polar surface area (TPSA) is 17.1 Å². The lowest BCUT2D eigenvalue weighted by Crippen LogP contribution is -2.11. The highest BCUT2D eigenvalue weighted by Gasteiger charge is 2.32. The first-order valence-corrected chi connectivity index (χ1v) is 6.18. The molecule has 0 bridgehead atoms. The maximum atomic E-state index is 11.2. The zero-order chi connectivity index (χ0) is 10.4. The molecule has 1 heteroatoms. The van der Waals surface area contributed by atoms with Crippen LogP contribution in [-0.2, 0) is 4.79 Å². The Morgan fingerprint density at radius 3 is 2.50 bits per heavy atom. The van der Waals surface area contributed by atoms with E-state index in [4.69, 9.17) is 0 Å². The van der Waals surface area contributed by atoms with Gasteiger partial charge in [0.25, 0.3) is 0 Å². The number of ketones is 1. The number of rotatable bonds is 6. The molecule has 0 saturated heterocycles. The summed E-state index contributed by atoms with van der Waals surface area (Å²) < 4.78 is 0. The zero-order valence-electron chi connectivity index (χ0n) is 9.77. The summed E-state index contributed by atoms with van der Waals surface area (Å²) in [7, 11) is 0. The lowest BCUT2D eigenvalue weighted by atomic mass is 9.83. The van der Waals surface area contributed by atoms with E-state index in [2.05, 4.69) is 13.8 Å². The molecule has 1 aliphatic carbocycles. The van der Waals surface area contributed by atoms with Gasteiger partial charge in [-0.3, -0.25) is 4.79 Å². The van der Waals surface area contributed by atoms with Crippen LogP contribution in [0.5, 0.6) is 0 Å². The number of unbranched alkanes of at least 4 members (excludes halogenated alkanes) is 4. The number of carbonyl (C=O) groups is 1. The van der Waals surface area contributed by atoms with Crippen LogP contribution in [0.1, 0.15) is 71.6 Å². The second-order valence-corrected chi connectivity index (χ2v) is 5.19. The third-order valence-electron chi connectivity index (χ3n) is 3.52. The van der Waals surface area contributed by atoms with Crippen molar-refractivity contribution in [2.24, 2.45) is 5.41 Å². The van der Waals surface area contributed by atoms with Gasteiger partial charge in [0.05, 0.1) is 0 Å². The summed E-state index contributed by atoms with van der Waals surface area (Å²) in [6.45, 7) is 4.54. The van der Waals surface area contributed by atoms with Crippen molar-refractivity contribution < 1.29 is 4.79 Å². The molecule has 0 aromatic heterocycles. The lowest BCUT2D eigenvalue weighted by molar-refractivity contribution is -0.118. The van der Waals surface area contributed by atoms with Gasteiger partial charge < -0.3 is 0 Å². The van der Waals surface area contributed by atoms with Gasteiger partial charge in [-0.15, -0.1) is 0 Å².